The van der Waals surface area contributed by atoms with Crippen molar-refractivity contribution in [1.82, 2.24) is 9.78 Å². The average Bonchev–Trinajstić information content (AvgIpc) is 2.67. The van der Waals surface area contributed by atoms with Crippen LogP contribution in [0, 0.1) is 6.92 Å². The molecule has 0 aliphatic heterocycles. The second kappa shape index (κ2) is 5.45. The summed E-state index contributed by atoms with van der Waals surface area (Å²) in [6.45, 7) is 1.85. The van der Waals surface area contributed by atoms with Crippen LogP contribution in [0.3, 0.4) is 0 Å². The Labute approximate surface area is 116 Å². The van der Waals surface area contributed by atoms with Gasteiger partial charge in [-0.2, -0.15) is 5.10 Å². The molecule has 0 spiro atoms. The summed E-state index contributed by atoms with van der Waals surface area (Å²) in [6.07, 6.45) is 0.573. The summed E-state index contributed by atoms with van der Waals surface area (Å²) in [5.41, 5.74) is 3.11. The molecule has 1 heterocycles. The van der Waals surface area contributed by atoms with E-state index in [-0.39, 0.29) is 5.97 Å². The molecule has 0 atom stereocenters. The summed E-state index contributed by atoms with van der Waals surface area (Å²) in [7, 11) is 3.19. The molecule has 0 aliphatic carbocycles. The topological polar surface area (TPSA) is 44.1 Å². The number of hydrogen-bond donors (Lipinski definition) is 0. The van der Waals surface area contributed by atoms with Crippen molar-refractivity contribution in [2.45, 2.75) is 13.3 Å². The number of benzene rings is 1. The van der Waals surface area contributed by atoms with Crippen molar-refractivity contribution < 1.29 is 9.53 Å². The van der Waals surface area contributed by atoms with Gasteiger partial charge in [-0.3, -0.25) is 4.68 Å². The van der Waals surface area contributed by atoms with Crippen LogP contribution in [-0.2, 0) is 18.2 Å². The molecule has 1 aromatic heterocycles. The maximum atomic E-state index is 11.8. The van der Waals surface area contributed by atoms with Gasteiger partial charge in [-0.25, -0.2) is 4.79 Å². The molecule has 0 saturated carbocycles. The highest BCUT2D eigenvalue weighted by Crippen LogP contribution is 2.19. The average molecular weight is 279 g/mol. The van der Waals surface area contributed by atoms with Crippen molar-refractivity contribution in [3.05, 3.63) is 51.8 Å². The number of esters is 1. The number of rotatable bonds is 3. The molecule has 0 saturated heterocycles. The Kier molecular flexibility index (Phi) is 3.90. The van der Waals surface area contributed by atoms with Gasteiger partial charge in [-0.1, -0.05) is 23.7 Å². The van der Waals surface area contributed by atoms with E-state index in [2.05, 4.69) is 5.10 Å². The molecule has 0 fully saturated rings. The maximum Gasteiger partial charge on any atom is 0.341 e. The van der Waals surface area contributed by atoms with Gasteiger partial charge in [0.25, 0.3) is 0 Å². The molecule has 4 nitrogen and oxygen atoms in total. The van der Waals surface area contributed by atoms with Crippen LogP contribution in [-0.4, -0.2) is 22.9 Å². The lowest BCUT2D eigenvalue weighted by Crippen LogP contribution is -2.06. The maximum absolute atomic E-state index is 11.8. The van der Waals surface area contributed by atoms with Crippen molar-refractivity contribution in [2.24, 2.45) is 7.05 Å². The Morgan fingerprint density at radius 1 is 1.37 bits per heavy atom. The van der Waals surface area contributed by atoms with Gasteiger partial charge in [-0.05, 0) is 24.6 Å². The minimum atomic E-state index is -0.352. The highest BCUT2D eigenvalue weighted by molar-refractivity contribution is 6.30. The summed E-state index contributed by atoms with van der Waals surface area (Å²) in [6, 6.07) is 7.50. The third-order valence-corrected chi connectivity index (χ3v) is 3.33. The molecule has 100 valence electrons. The van der Waals surface area contributed by atoms with Gasteiger partial charge in [0.15, 0.2) is 0 Å². The minimum Gasteiger partial charge on any atom is -0.465 e. The molecule has 0 N–H and O–H groups in total. The number of ether oxygens (including phenoxy) is 1. The van der Waals surface area contributed by atoms with Gasteiger partial charge < -0.3 is 4.74 Å². The second-order valence-electron chi connectivity index (χ2n) is 4.33. The number of carbonyl (C=O) groups excluding carboxylic acids is 1. The van der Waals surface area contributed by atoms with E-state index in [0.717, 1.165) is 11.3 Å². The number of carbonyl (C=O) groups is 1. The largest absolute Gasteiger partial charge is 0.465 e. The number of methoxy groups -OCH3 is 1. The molecule has 5 heteroatoms. The van der Waals surface area contributed by atoms with E-state index in [0.29, 0.717) is 22.7 Å². The van der Waals surface area contributed by atoms with Crippen molar-refractivity contribution in [2.75, 3.05) is 7.11 Å². The summed E-state index contributed by atoms with van der Waals surface area (Å²) in [4.78, 5) is 11.8. The molecule has 2 rings (SSSR count). The van der Waals surface area contributed by atoms with Crippen LogP contribution in [0.25, 0.3) is 0 Å². The predicted molar refractivity (Wildman–Crippen MR) is 73.5 cm³/mol. The van der Waals surface area contributed by atoms with Crippen LogP contribution in [0.15, 0.2) is 24.3 Å². The van der Waals surface area contributed by atoms with Gasteiger partial charge >= 0.3 is 5.97 Å². The lowest BCUT2D eigenvalue weighted by Gasteiger charge is -2.02. The lowest BCUT2D eigenvalue weighted by atomic mass is 10.1. The van der Waals surface area contributed by atoms with Crippen LogP contribution < -0.4 is 0 Å². The fraction of sp³-hybridized carbons (Fsp3) is 0.286. The van der Waals surface area contributed by atoms with Crippen LogP contribution in [0.2, 0.25) is 5.02 Å². The summed E-state index contributed by atoms with van der Waals surface area (Å²) < 4.78 is 6.51. The van der Waals surface area contributed by atoms with E-state index in [9.17, 15) is 4.79 Å². The highest BCUT2D eigenvalue weighted by Gasteiger charge is 2.20. The first kappa shape index (κ1) is 13.6. The first-order chi connectivity index (χ1) is 9.02. The summed E-state index contributed by atoms with van der Waals surface area (Å²) in [5.74, 6) is -0.352. The van der Waals surface area contributed by atoms with E-state index >= 15 is 0 Å². The van der Waals surface area contributed by atoms with E-state index in [4.69, 9.17) is 16.3 Å². The Balaban J connectivity index is 2.37. The number of aryl methyl sites for hydroxylation is 1. The molecule has 0 unspecified atom stereocenters. The van der Waals surface area contributed by atoms with Gasteiger partial charge in [0, 0.05) is 24.2 Å². The normalized spacial score (nSPS) is 10.5. The van der Waals surface area contributed by atoms with Crippen molar-refractivity contribution in [3.8, 4) is 0 Å². The predicted octanol–water partition coefficient (Wildman–Crippen LogP) is 2.76. The monoisotopic (exact) mass is 278 g/mol. The van der Waals surface area contributed by atoms with Crippen molar-refractivity contribution >= 4 is 17.6 Å². The first-order valence-corrected chi connectivity index (χ1v) is 6.26. The third-order valence-electron chi connectivity index (χ3n) is 3.08. The standard InChI is InChI=1S/C14H15ClN2O2/c1-9-13(14(18)19-3)12(16-17(9)2)8-10-4-6-11(15)7-5-10/h4-7H,8H2,1-3H3. The van der Waals surface area contributed by atoms with E-state index in [1.165, 1.54) is 7.11 Å². The van der Waals surface area contributed by atoms with E-state index < -0.39 is 0 Å². The molecular weight excluding hydrogens is 264 g/mol. The zero-order valence-electron chi connectivity index (χ0n) is 11.1. The highest BCUT2D eigenvalue weighted by atomic mass is 35.5. The van der Waals surface area contributed by atoms with Gasteiger partial charge in [0.05, 0.1) is 12.8 Å². The smallest absolute Gasteiger partial charge is 0.341 e. The molecule has 0 amide bonds. The number of aromatic nitrogens is 2. The Hall–Kier alpha value is -1.81. The molecule has 0 aliphatic rings. The molecule has 2 aromatic rings. The second-order valence-corrected chi connectivity index (χ2v) is 4.76. The van der Waals surface area contributed by atoms with Gasteiger partial charge in [0.2, 0.25) is 0 Å². The van der Waals surface area contributed by atoms with Crippen LogP contribution in [0.5, 0.6) is 0 Å². The molecular formula is C14H15ClN2O2. The van der Waals surface area contributed by atoms with Crippen LogP contribution >= 0.6 is 11.6 Å². The fourth-order valence-corrected chi connectivity index (χ4v) is 2.09. The lowest BCUT2D eigenvalue weighted by molar-refractivity contribution is 0.0598. The number of hydrogen-bond acceptors (Lipinski definition) is 3. The molecule has 1 aromatic carbocycles. The molecule has 0 radical (unpaired) electrons. The fourth-order valence-electron chi connectivity index (χ4n) is 1.96. The Morgan fingerprint density at radius 2 is 2.00 bits per heavy atom. The van der Waals surface area contributed by atoms with E-state index in [1.807, 2.05) is 38.2 Å². The SMILES string of the molecule is COC(=O)c1c(Cc2ccc(Cl)cc2)nn(C)c1C. The number of halogens is 1. The van der Waals surface area contributed by atoms with Crippen molar-refractivity contribution in [1.29, 1.82) is 0 Å². The van der Waals surface area contributed by atoms with E-state index in [1.54, 1.807) is 4.68 Å². The van der Waals surface area contributed by atoms with Gasteiger partial charge in [0.1, 0.15) is 5.56 Å². The van der Waals surface area contributed by atoms with Gasteiger partial charge in [-0.15, -0.1) is 0 Å². The molecule has 19 heavy (non-hydrogen) atoms. The van der Waals surface area contributed by atoms with Crippen LogP contribution in [0.1, 0.15) is 27.3 Å². The van der Waals surface area contributed by atoms with Crippen molar-refractivity contribution in [3.63, 3.8) is 0 Å². The Bertz CT molecular complexity index is 603. The zero-order chi connectivity index (χ0) is 14.0. The first-order valence-electron chi connectivity index (χ1n) is 5.88. The quantitative estimate of drug-likeness (QED) is 0.811. The summed E-state index contributed by atoms with van der Waals surface area (Å²) in [5, 5.41) is 5.07. The summed E-state index contributed by atoms with van der Waals surface area (Å²) >= 11 is 5.85. The zero-order valence-corrected chi connectivity index (χ0v) is 11.9. The molecule has 0 bridgehead atoms. The minimum absolute atomic E-state index is 0.352. The number of nitrogens with zero attached hydrogens (tertiary/aromatic N) is 2. The van der Waals surface area contributed by atoms with Crippen LogP contribution in [0.4, 0.5) is 0 Å². The Morgan fingerprint density at radius 3 is 2.58 bits per heavy atom. The third kappa shape index (κ3) is 2.79.